The van der Waals surface area contributed by atoms with Crippen LogP contribution in [0.15, 0.2) is 36.4 Å². The Balaban J connectivity index is 2.23. The van der Waals surface area contributed by atoms with Gasteiger partial charge >= 0.3 is 5.97 Å². The number of methoxy groups -OCH3 is 1. The summed E-state index contributed by atoms with van der Waals surface area (Å²) < 4.78 is 19.1. The second-order valence-corrected chi connectivity index (χ2v) is 5.72. The smallest absolute Gasteiger partial charge is 0.310 e. The molecule has 0 heterocycles. The molecule has 0 aliphatic heterocycles. The topological polar surface area (TPSA) is 75.6 Å². The molecule has 2 N–H and O–H groups in total. The zero-order chi connectivity index (χ0) is 18.6. The molecule has 0 aliphatic carbocycles. The fraction of sp³-hybridized carbons (Fsp3) is 0.222. The molecule has 0 aromatic heterocycles. The monoisotopic (exact) mass is 365 g/mol. The quantitative estimate of drug-likeness (QED) is 0.799. The number of nitrogens with one attached hydrogen (secondary N) is 1. The van der Waals surface area contributed by atoms with Crippen LogP contribution in [0.4, 0.5) is 10.1 Å². The molecule has 0 fully saturated rings. The van der Waals surface area contributed by atoms with Crippen LogP contribution in [0.3, 0.4) is 0 Å². The van der Waals surface area contributed by atoms with Crippen LogP contribution in [0, 0.1) is 5.82 Å². The highest BCUT2D eigenvalue weighted by Gasteiger charge is 2.21. The number of hydrogen-bond donors (Lipinski definition) is 2. The zero-order valence-electron chi connectivity index (χ0n) is 13.7. The first-order valence-electron chi connectivity index (χ1n) is 7.55. The summed E-state index contributed by atoms with van der Waals surface area (Å²) in [4.78, 5) is 23.5. The zero-order valence-corrected chi connectivity index (χ0v) is 14.4. The minimum absolute atomic E-state index is 0.0376. The van der Waals surface area contributed by atoms with Crippen LogP contribution < -0.4 is 10.1 Å². The van der Waals surface area contributed by atoms with Crippen molar-refractivity contribution >= 4 is 29.2 Å². The number of anilines is 1. The number of halogens is 2. The van der Waals surface area contributed by atoms with Crippen molar-refractivity contribution in [2.75, 3.05) is 12.4 Å². The molecule has 2 rings (SSSR count). The van der Waals surface area contributed by atoms with E-state index < -0.39 is 23.6 Å². The lowest BCUT2D eigenvalue weighted by Gasteiger charge is -2.12. The Morgan fingerprint density at radius 2 is 1.88 bits per heavy atom. The number of ether oxygens (including phenoxy) is 1. The molecule has 0 saturated carbocycles. The van der Waals surface area contributed by atoms with E-state index in [2.05, 4.69) is 5.32 Å². The molecular formula is C18H17ClFNO4. The van der Waals surface area contributed by atoms with Gasteiger partial charge < -0.3 is 15.2 Å². The Kier molecular flexibility index (Phi) is 5.98. The Hall–Kier alpha value is -2.60. The van der Waals surface area contributed by atoms with Crippen molar-refractivity contribution in [3.05, 3.63) is 58.4 Å². The van der Waals surface area contributed by atoms with Crippen molar-refractivity contribution in [3.63, 3.8) is 0 Å². The summed E-state index contributed by atoms with van der Waals surface area (Å²) in [5.74, 6) is -3.18. The molecular weight excluding hydrogens is 349 g/mol. The fourth-order valence-electron chi connectivity index (χ4n) is 2.44. The lowest BCUT2D eigenvalue weighted by atomic mass is 9.96. The van der Waals surface area contributed by atoms with Crippen LogP contribution in [-0.4, -0.2) is 24.1 Å². The lowest BCUT2D eigenvalue weighted by molar-refractivity contribution is -0.138. The largest absolute Gasteiger partial charge is 0.494 e. The molecule has 132 valence electrons. The number of carbonyl (C=O) groups is 2. The van der Waals surface area contributed by atoms with Crippen molar-refractivity contribution in [2.45, 2.75) is 19.3 Å². The minimum atomic E-state index is -0.912. The van der Waals surface area contributed by atoms with E-state index in [1.165, 1.54) is 19.2 Å². The third-order valence-electron chi connectivity index (χ3n) is 3.78. The van der Waals surface area contributed by atoms with Gasteiger partial charge in [-0.05, 0) is 36.2 Å². The maximum Gasteiger partial charge on any atom is 0.310 e. The molecule has 1 unspecified atom stereocenters. The van der Waals surface area contributed by atoms with E-state index in [0.717, 1.165) is 0 Å². The Morgan fingerprint density at radius 3 is 2.40 bits per heavy atom. The number of aliphatic carboxylic acids is 1. The summed E-state index contributed by atoms with van der Waals surface area (Å²) in [6.07, 6.45) is 0.450. The molecule has 2 aromatic carbocycles. The number of carboxylic acids is 1. The first-order chi connectivity index (χ1) is 11.9. The van der Waals surface area contributed by atoms with E-state index in [-0.39, 0.29) is 16.3 Å². The molecule has 25 heavy (non-hydrogen) atoms. The number of carboxylic acid groups (broad SMARTS) is 1. The predicted octanol–water partition coefficient (Wildman–Crippen LogP) is 4.32. The molecule has 7 heteroatoms. The van der Waals surface area contributed by atoms with Crippen LogP contribution in [0.2, 0.25) is 5.02 Å². The fourth-order valence-corrected chi connectivity index (χ4v) is 2.68. The SMILES string of the molecule is CCC(C(=O)O)c1ccc(NC(=O)c2c(Cl)ccc(OC)c2F)cc1. The second-order valence-electron chi connectivity index (χ2n) is 5.31. The van der Waals surface area contributed by atoms with E-state index in [9.17, 15) is 14.0 Å². The van der Waals surface area contributed by atoms with E-state index in [4.69, 9.17) is 21.4 Å². The van der Waals surface area contributed by atoms with Gasteiger partial charge in [0.15, 0.2) is 11.6 Å². The van der Waals surface area contributed by atoms with E-state index in [0.29, 0.717) is 17.7 Å². The molecule has 1 atom stereocenters. The highest BCUT2D eigenvalue weighted by atomic mass is 35.5. The van der Waals surface area contributed by atoms with Crippen molar-refractivity contribution in [2.24, 2.45) is 0 Å². The molecule has 2 aromatic rings. The van der Waals surface area contributed by atoms with Crippen LogP contribution in [0.5, 0.6) is 5.75 Å². The van der Waals surface area contributed by atoms with Crippen molar-refractivity contribution < 1.29 is 23.8 Å². The maximum atomic E-state index is 14.3. The van der Waals surface area contributed by atoms with Gasteiger partial charge in [-0.15, -0.1) is 0 Å². The van der Waals surface area contributed by atoms with Crippen LogP contribution in [0.25, 0.3) is 0 Å². The highest BCUT2D eigenvalue weighted by molar-refractivity contribution is 6.34. The Bertz CT molecular complexity index is 792. The lowest BCUT2D eigenvalue weighted by Crippen LogP contribution is -2.15. The van der Waals surface area contributed by atoms with E-state index >= 15 is 0 Å². The molecule has 0 spiro atoms. The highest BCUT2D eigenvalue weighted by Crippen LogP contribution is 2.28. The van der Waals surface area contributed by atoms with Crippen LogP contribution >= 0.6 is 11.6 Å². The van der Waals surface area contributed by atoms with Gasteiger partial charge in [0.2, 0.25) is 0 Å². The Labute approximate surface area is 149 Å². The van der Waals surface area contributed by atoms with Gasteiger partial charge in [0.05, 0.1) is 23.6 Å². The summed E-state index contributed by atoms with van der Waals surface area (Å²) in [6.45, 7) is 1.78. The summed E-state index contributed by atoms with van der Waals surface area (Å²) >= 11 is 5.92. The number of hydrogen-bond acceptors (Lipinski definition) is 3. The first-order valence-corrected chi connectivity index (χ1v) is 7.92. The van der Waals surface area contributed by atoms with Crippen molar-refractivity contribution in [1.29, 1.82) is 0 Å². The summed E-state index contributed by atoms with van der Waals surface area (Å²) in [6, 6.07) is 9.05. The normalized spacial score (nSPS) is 11.7. The molecule has 0 bridgehead atoms. The van der Waals surface area contributed by atoms with Crippen LogP contribution in [0.1, 0.15) is 35.2 Å². The molecule has 5 nitrogen and oxygen atoms in total. The van der Waals surface area contributed by atoms with Gasteiger partial charge in [-0.1, -0.05) is 30.7 Å². The van der Waals surface area contributed by atoms with Crippen LogP contribution in [-0.2, 0) is 4.79 Å². The van der Waals surface area contributed by atoms with Gasteiger partial charge in [-0.2, -0.15) is 0 Å². The molecule has 1 amide bonds. The van der Waals surface area contributed by atoms with Crippen molar-refractivity contribution in [1.82, 2.24) is 0 Å². The molecule has 0 aliphatic rings. The molecule has 0 radical (unpaired) electrons. The van der Waals surface area contributed by atoms with Gasteiger partial charge in [-0.3, -0.25) is 9.59 Å². The molecule has 0 saturated heterocycles. The standard InChI is InChI=1S/C18H17ClFNO4/c1-3-12(18(23)24)10-4-6-11(7-5-10)21-17(22)15-13(19)8-9-14(25-2)16(15)20/h4-9,12H,3H2,1-2H3,(H,21,22)(H,23,24). The summed E-state index contributed by atoms with van der Waals surface area (Å²) in [5, 5.41) is 11.7. The third kappa shape index (κ3) is 4.09. The summed E-state index contributed by atoms with van der Waals surface area (Å²) in [7, 11) is 1.29. The van der Waals surface area contributed by atoms with E-state index in [1.807, 2.05) is 0 Å². The van der Waals surface area contributed by atoms with Gasteiger partial charge in [-0.25, -0.2) is 4.39 Å². The maximum absolute atomic E-state index is 14.3. The van der Waals surface area contributed by atoms with Gasteiger partial charge in [0.25, 0.3) is 5.91 Å². The van der Waals surface area contributed by atoms with Crippen molar-refractivity contribution in [3.8, 4) is 5.75 Å². The van der Waals surface area contributed by atoms with Gasteiger partial charge in [0.1, 0.15) is 0 Å². The summed E-state index contributed by atoms with van der Waals surface area (Å²) in [5.41, 5.74) is 0.702. The average molecular weight is 366 g/mol. The average Bonchev–Trinajstić information content (AvgIpc) is 2.57. The third-order valence-corrected chi connectivity index (χ3v) is 4.09. The number of carbonyl (C=O) groups excluding carboxylic acids is 1. The minimum Gasteiger partial charge on any atom is -0.494 e. The van der Waals surface area contributed by atoms with Gasteiger partial charge in [0, 0.05) is 5.69 Å². The second kappa shape index (κ2) is 7.98. The predicted molar refractivity (Wildman–Crippen MR) is 93.0 cm³/mol. The Morgan fingerprint density at radius 1 is 1.24 bits per heavy atom. The number of amides is 1. The number of rotatable bonds is 6. The van der Waals surface area contributed by atoms with E-state index in [1.54, 1.807) is 31.2 Å². The number of benzene rings is 2. The first kappa shape index (κ1) is 18.7.